The van der Waals surface area contributed by atoms with Crippen LogP contribution in [0.15, 0.2) is 12.1 Å². The number of rotatable bonds is 2. The molecule has 0 amide bonds. The van der Waals surface area contributed by atoms with Gasteiger partial charge in [-0.2, -0.15) is 0 Å². The standard InChI is InChI=1S/C10H14O2/c1-7-4-9(6-11)8(2)10(5-7)12-3/h4-5,11H,6H2,1-3H3. The summed E-state index contributed by atoms with van der Waals surface area (Å²) in [6.07, 6.45) is 0. The molecule has 2 nitrogen and oxygen atoms in total. The second kappa shape index (κ2) is 3.59. The van der Waals surface area contributed by atoms with E-state index >= 15 is 0 Å². The third-order valence-electron chi connectivity index (χ3n) is 2.00. The monoisotopic (exact) mass is 166 g/mol. The Kier molecular flexibility index (Phi) is 2.71. The maximum absolute atomic E-state index is 9.01. The van der Waals surface area contributed by atoms with Crippen molar-refractivity contribution in [2.45, 2.75) is 20.5 Å². The maximum atomic E-state index is 9.01. The van der Waals surface area contributed by atoms with Crippen LogP contribution in [0.25, 0.3) is 0 Å². The second-order valence-corrected chi connectivity index (χ2v) is 2.91. The third kappa shape index (κ3) is 1.59. The fourth-order valence-corrected chi connectivity index (χ4v) is 1.27. The van der Waals surface area contributed by atoms with Gasteiger partial charge in [0, 0.05) is 0 Å². The summed E-state index contributed by atoms with van der Waals surface area (Å²) in [5.74, 6) is 0.846. The normalized spacial score (nSPS) is 10.0. The highest BCUT2D eigenvalue weighted by Gasteiger charge is 2.04. The third-order valence-corrected chi connectivity index (χ3v) is 2.00. The highest BCUT2D eigenvalue weighted by molar-refractivity contribution is 5.42. The van der Waals surface area contributed by atoms with Crippen LogP contribution in [0, 0.1) is 13.8 Å². The molecule has 1 aromatic carbocycles. The van der Waals surface area contributed by atoms with Gasteiger partial charge in [0.1, 0.15) is 5.75 Å². The molecule has 0 aliphatic carbocycles. The van der Waals surface area contributed by atoms with Gasteiger partial charge in [0.2, 0.25) is 0 Å². The van der Waals surface area contributed by atoms with E-state index in [0.717, 1.165) is 22.4 Å². The van der Waals surface area contributed by atoms with E-state index in [4.69, 9.17) is 9.84 Å². The lowest BCUT2D eigenvalue weighted by atomic mass is 10.1. The van der Waals surface area contributed by atoms with Crippen LogP contribution in [0.4, 0.5) is 0 Å². The number of methoxy groups -OCH3 is 1. The van der Waals surface area contributed by atoms with Crippen LogP contribution in [-0.2, 0) is 6.61 Å². The summed E-state index contributed by atoms with van der Waals surface area (Å²) < 4.78 is 5.16. The largest absolute Gasteiger partial charge is 0.496 e. The zero-order valence-corrected chi connectivity index (χ0v) is 7.72. The van der Waals surface area contributed by atoms with Crippen molar-refractivity contribution in [1.82, 2.24) is 0 Å². The van der Waals surface area contributed by atoms with E-state index in [1.807, 2.05) is 26.0 Å². The highest BCUT2D eigenvalue weighted by atomic mass is 16.5. The summed E-state index contributed by atoms with van der Waals surface area (Å²) in [4.78, 5) is 0. The van der Waals surface area contributed by atoms with Crippen molar-refractivity contribution >= 4 is 0 Å². The van der Waals surface area contributed by atoms with E-state index in [1.54, 1.807) is 7.11 Å². The molecule has 1 aromatic rings. The molecule has 0 aromatic heterocycles. The molecule has 2 heteroatoms. The first-order chi connectivity index (χ1) is 5.69. The first-order valence-electron chi connectivity index (χ1n) is 3.94. The zero-order valence-electron chi connectivity index (χ0n) is 7.72. The van der Waals surface area contributed by atoms with Gasteiger partial charge in [-0.15, -0.1) is 0 Å². The molecule has 0 aliphatic rings. The summed E-state index contributed by atoms with van der Waals surface area (Å²) in [5.41, 5.74) is 3.07. The summed E-state index contributed by atoms with van der Waals surface area (Å²) in [5, 5.41) is 9.01. The number of hydrogen-bond donors (Lipinski definition) is 1. The Morgan fingerprint density at radius 3 is 2.50 bits per heavy atom. The molecule has 0 aliphatic heterocycles. The molecule has 0 fully saturated rings. The Balaban J connectivity index is 3.22. The topological polar surface area (TPSA) is 29.5 Å². The van der Waals surface area contributed by atoms with Crippen LogP contribution in [-0.4, -0.2) is 12.2 Å². The lowest BCUT2D eigenvalue weighted by Gasteiger charge is -2.09. The van der Waals surface area contributed by atoms with E-state index in [0.29, 0.717) is 0 Å². The van der Waals surface area contributed by atoms with Gasteiger partial charge >= 0.3 is 0 Å². The molecule has 0 heterocycles. The molecule has 0 saturated heterocycles. The van der Waals surface area contributed by atoms with Gasteiger partial charge in [-0.3, -0.25) is 0 Å². The van der Waals surface area contributed by atoms with Gasteiger partial charge in [0.15, 0.2) is 0 Å². The van der Waals surface area contributed by atoms with Crippen molar-refractivity contribution in [2.24, 2.45) is 0 Å². The van der Waals surface area contributed by atoms with E-state index in [-0.39, 0.29) is 6.61 Å². The highest BCUT2D eigenvalue weighted by Crippen LogP contribution is 2.23. The molecular formula is C10H14O2. The van der Waals surface area contributed by atoms with Gasteiger partial charge in [0.05, 0.1) is 13.7 Å². The molecule has 1 N–H and O–H groups in total. The Labute approximate surface area is 72.8 Å². The van der Waals surface area contributed by atoms with Crippen LogP contribution in [0.1, 0.15) is 16.7 Å². The van der Waals surface area contributed by atoms with Gasteiger partial charge < -0.3 is 9.84 Å². The minimum absolute atomic E-state index is 0.0733. The summed E-state index contributed by atoms with van der Waals surface area (Å²) in [7, 11) is 1.64. The van der Waals surface area contributed by atoms with Crippen molar-refractivity contribution in [3.63, 3.8) is 0 Å². The number of benzene rings is 1. The number of aliphatic hydroxyl groups excluding tert-OH is 1. The molecule has 0 radical (unpaired) electrons. The van der Waals surface area contributed by atoms with Crippen LogP contribution in [0.2, 0.25) is 0 Å². The van der Waals surface area contributed by atoms with Crippen LogP contribution < -0.4 is 4.74 Å². The first kappa shape index (κ1) is 9.07. The first-order valence-corrected chi connectivity index (χ1v) is 3.94. The van der Waals surface area contributed by atoms with Gasteiger partial charge in [0.25, 0.3) is 0 Å². The average Bonchev–Trinajstić information content (AvgIpc) is 2.08. The maximum Gasteiger partial charge on any atom is 0.122 e. The SMILES string of the molecule is COc1cc(C)cc(CO)c1C. The lowest BCUT2D eigenvalue weighted by molar-refractivity contribution is 0.280. The minimum Gasteiger partial charge on any atom is -0.496 e. The lowest BCUT2D eigenvalue weighted by Crippen LogP contribution is -1.94. The predicted octanol–water partition coefficient (Wildman–Crippen LogP) is 1.80. The molecule has 0 atom stereocenters. The fraction of sp³-hybridized carbons (Fsp3) is 0.400. The minimum atomic E-state index is 0.0733. The smallest absolute Gasteiger partial charge is 0.122 e. The molecule has 1 rings (SSSR count). The molecule has 66 valence electrons. The van der Waals surface area contributed by atoms with Crippen molar-refractivity contribution in [3.8, 4) is 5.75 Å². The van der Waals surface area contributed by atoms with Crippen molar-refractivity contribution < 1.29 is 9.84 Å². The number of aliphatic hydroxyl groups is 1. The predicted molar refractivity (Wildman–Crippen MR) is 48.4 cm³/mol. The number of hydrogen-bond acceptors (Lipinski definition) is 2. The van der Waals surface area contributed by atoms with Crippen molar-refractivity contribution in [1.29, 1.82) is 0 Å². The number of ether oxygens (including phenoxy) is 1. The molecule has 0 unspecified atom stereocenters. The Hall–Kier alpha value is -1.02. The van der Waals surface area contributed by atoms with Gasteiger partial charge in [-0.25, -0.2) is 0 Å². The molecule has 12 heavy (non-hydrogen) atoms. The van der Waals surface area contributed by atoms with E-state index in [2.05, 4.69) is 0 Å². The fourth-order valence-electron chi connectivity index (χ4n) is 1.27. The molecule has 0 saturated carbocycles. The van der Waals surface area contributed by atoms with Crippen LogP contribution in [0.5, 0.6) is 5.75 Å². The van der Waals surface area contributed by atoms with E-state index in [1.165, 1.54) is 0 Å². The average molecular weight is 166 g/mol. The molecular weight excluding hydrogens is 152 g/mol. The van der Waals surface area contributed by atoms with Crippen molar-refractivity contribution in [2.75, 3.05) is 7.11 Å². The molecule has 0 bridgehead atoms. The van der Waals surface area contributed by atoms with Crippen LogP contribution in [0.3, 0.4) is 0 Å². The van der Waals surface area contributed by atoms with E-state index < -0.39 is 0 Å². The summed E-state index contributed by atoms with van der Waals surface area (Å²) in [6.45, 7) is 4.01. The summed E-state index contributed by atoms with van der Waals surface area (Å²) in [6, 6.07) is 3.94. The number of aryl methyl sites for hydroxylation is 1. The Morgan fingerprint density at radius 1 is 1.33 bits per heavy atom. The zero-order chi connectivity index (χ0) is 9.14. The van der Waals surface area contributed by atoms with Gasteiger partial charge in [-0.1, -0.05) is 6.07 Å². The van der Waals surface area contributed by atoms with Gasteiger partial charge in [-0.05, 0) is 36.6 Å². The van der Waals surface area contributed by atoms with Crippen molar-refractivity contribution in [3.05, 3.63) is 28.8 Å². The van der Waals surface area contributed by atoms with E-state index in [9.17, 15) is 0 Å². The second-order valence-electron chi connectivity index (χ2n) is 2.91. The van der Waals surface area contributed by atoms with Crippen LogP contribution >= 0.6 is 0 Å². The quantitative estimate of drug-likeness (QED) is 0.726. The molecule has 0 spiro atoms. The Morgan fingerprint density at radius 2 is 2.00 bits per heavy atom. The Bertz CT molecular complexity index is 254. The summed E-state index contributed by atoms with van der Waals surface area (Å²) >= 11 is 0.